The van der Waals surface area contributed by atoms with Crippen molar-refractivity contribution in [3.63, 3.8) is 0 Å². The summed E-state index contributed by atoms with van der Waals surface area (Å²) in [6, 6.07) is 5.64. The molecule has 0 radical (unpaired) electrons. The molecule has 2 rings (SSSR count). The number of ether oxygens (including phenoxy) is 1. The number of anilines is 1. The average molecular weight is 332 g/mol. The number of thiophene rings is 1. The van der Waals surface area contributed by atoms with Gasteiger partial charge in [0.05, 0.1) is 10.9 Å². The van der Waals surface area contributed by atoms with E-state index in [1.807, 2.05) is 31.0 Å². The molecule has 7 heteroatoms. The Morgan fingerprint density at radius 1 is 1.30 bits per heavy atom. The van der Waals surface area contributed by atoms with Crippen molar-refractivity contribution < 1.29 is 4.74 Å². The van der Waals surface area contributed by atoms with Crippen LogP contribution in [0, 0.1) is 0 Å². The predicted octanol–water partition coefficient (Wildman–Crippen LogP) is 4.02. The molecule has 0 bridgehead atoms. The van der Waals surface area contributed by atoms with Crippen molar-refractivity contribution in [3.05, 3.63) is 38.4 Å². The maximum Gasteiger partial charge on any atom is 0.158 e. The molecular weight excluding hydrogens is 317 g/mol. The van der Waals surface area contributed by atoms with Crippen molar-refractivity contribution in [1.29, 1.82) is 0 Å². The van der Waals surface area contributed by atoms with Crippen LogP contribution in [0.25, 0.3) is 0 Å². The summed E-state index contributed by atoms with van der Waals surface area (Å²) in [5.41, 5.74) is 0. The van der Waals surface area contributed by atoms with Gasteiger partial charge in [-0.15, -0.1) is 11.3 Å². The molecule has 0 N–H and O–H groups in total. The van der Waals surface area contributed by atoms with Gasteiger partial charge in [-0.25, -0.2) is 9.97 Å². The third-order valence-corrected chi connectivity index (χ3v) is 3.99. The maximum atomic E-state index is 6.03. The lowest BCUT2D eigenvalue weighted by atomic mass is 10.4. The van der Waals surface area contributed by atoms with Crippen LogP contribution in [0.4, 0.5) is 5.82 Å². The fraction of sp³-hybridized carbons (Fsp3) is 0.385. The van der Waals surface area contributed by atoms with E-state index >= 15 is 0 Å². The second kappa shape index (κ2) is 7.22. The fourth-order valence-corrected chi connectivity index (χ4v) is 2.99. The lowest BCUT2D eigenvalue weighted by Gasteiger charge is -2.18. The van der Waals surface area contributed by atoms with Crippen molar-refractivity contribution in [3.8, 4) is 0 Å². The molecule has 0 saturated carbocycles. The number of halogens is 2. The molecule has 0 saturated heterocycles. The minimum atomic E-state index is 0.364. The van der Waals surface area contributed by atoms with Gasteiger partial charge >= 0.3 is 0 Å². The van der Waals surface area contributed by atoms with Crippen LogP contribution in [0.3, 0.4) is 0 Å². The second-order valence-corrected chi connectivity index (χ2v) is 6.35. The summed E-state index contributed by atoms with van der Waals surface area (Å²) in [4.78, 5) is 11.8. The first-order valence-corrected chi connectivity index (χ1v) is 7.72. The van der Waals surface area contributed by atoms with Crippen LogP contribution < -0.4 is 4.90 Å². The first-order chi connectivity index (χ1) is 9.58. The molecule has 0 aliphatic heterocycles. The van der Waals surface area contributed by atoms with Crippen molar-refractivity contribution in [2.45, 2.75) is 20.1 Å². The van der Waals surface area contributed by atoms with Crippen LogP contribution in [-0.4, -0.2) is 23.6 Å². The van der Waals surface area contributed by atoms with Crippen LogP contribution in [0.5, 0.6) is 0 Å². The first kappa shape index (κ1) is 15.5. The summed E-state index contributed by atoms with van der Waals surface area (Å²) in [5.74, 6) is 1.36. The van der Waals surface area contributed by atoms with Crippen molar-refractivity contribution in [1.82, 2.24) is 9.97 Å². The zero-order valence-electron chi connectivity index (χ0n) is 11.3. The Labute approximate surface area is 132 Å². The Morgan fingerprint density at radius 2 is 2.10 bits per heavy atom. The van der Waals surface area contributed by atoms with E-state index in [4.69, 9.17) is 27.9 Å². The van der Waals surface area contributed by atoms with Gasteiger partial charge in [0.15, 0.2) is 5.82 Å². The van der Waals surface area contributed by atoms with Crippen LogP contribution in [0.2, 0.25) is 9.49 Å². The fourth-order valence-electron chi connectivity index (χ4n) is 1.66. The Hall–Kier alpha value is -0.880. The van der Waals surface area contributed by atoms with E-state index in [1.165, 1.54) is 4.88 Å². The molecule has 20 heavy (non-hydrogen) atoms. The summed E-state index contributed by atoms with van der Waals surface area (Å²) in [5, 5.41) is 0.417. The van der Waals surface area contributed by atoms with Gasteiger partial charge < -0.3 is 9.64 Å². The lowest BCUT2D eigenvalue weighted by Crippen LogP contribution is -2.18. The lowest BCUT2D eigenvalue weighted by molar-refractivity contribution is 0.128. The Balaban J connectivity index is 2.12. The van der Waals surface area contributed by atoms with E-state index in [2.05, 4.69) is 9.97 Å². The zero-order valence-corrected chi connectivity index (χ0v) is 13.6. The van der Waals surface area contributed by atoms with E-state index in [0.29, 0.717) is 24.2 Å². The topological polar surface area (TPSA) is 38.2 Å². The highest BCUT2D eigenvalue weighted by atomic mass is 35.5. The highest BCUT2D eigenvalue weighted by Gasteiger charge is 2.09. The third kappa shape index (κ3) is 4.31. The average Bonchev–Trinajstić information content (AvgIpc) is 2.81. The monoisotopic (exact) mass is 331 g/mol. The highest BCUT2D eigenvalue weighted by Crippen LogP contribution is 2.24. The number of rotatable bonds is 6. The number of aromatic nitrogens is 2. The van der Waals surface area contributed by atoms with E-state index in [0.717, 1.165) is 16.7 Å². The smallest absolute Gasteiger partial charge is 0.158 e. The van der Waals surface area contributed by atoms with Gasteiger partial charge in [-0.05, 0) is 19.1 Å². The van der Waals surface area contributed by atoms with Crippen LogP contribution >= 0.6 is 34.5 Å². The molecule has 0 aliphatic rings. The summed E-state index contributed by atoms with van der Waals surface area (Å²) in [6.07, 6.45) is 0. The van der Waals surface area contributed by atoms with Crippen molar-refractivity contribution in [2.24, 2.45) is 0 Å². The van der Waals surface area contributed by atoms with Crippen LogP contribution in [0.15, 0.2) is 18.2 Å². The number of hydrogen-bond acceptors (Lipinski definition) is 5. The van der Waals surface area contributed by atoms with Gasteiger partial charge in [0.1, 0.15) is 17.6 Å². The van der Waals surface area contributed by atoms with Gasteiger partial charge in [-0.1, -0.05) is 23.2 Å². The third-order valence-electron chi connectivity index (χ3n) is 2.58. The molecule has 0 unspecified atom stereocenters. The molecule has 2 aromatic heterocycles. The largest absolute Gasteiger partial charge is 0.374 e. The summed E-state index contributed by atoms with van der Waals surface area (Å²) in [6.45, 7) is 3.63. The van der Waals surface area contributed by atoms with Crippen molar-refractivity contribution >= 4 is 40.4 Å². The number of nitrogens with zero attached hydrogens (tertiary/aromatic N) is 3. The predicted molar refractivity (Wildman–Crippen MR) is 83.8 cm³/mol. The molecular formula is C13H15Cl2N3OS. The van der Waals surface area contributed by atoms with Gasteiger partial charge in [-0.3, -0.25) is 0 Å². The highest BCUT2D eigenvalue weighted by molar-refractivity contribution is 7.16. The standard InChI is InChI=1S/C13H15Cl2N3OS/c1-3-19-8-12-16-10(14)6-13(17-12)18(2)7-9-4-5-11(15)20-9/h4-6H,3,7-8H2,1-2H3. The minimum absolute atomic E-state index is 0.364. The van der Waals surface area contributed by atoms with Gasteiger partial charge in [0.25, 0.3) is 0 Å². The van der Waals surface area contributed by atoms with E-state index in [-0.39, 0.29) is 0 Å². The summed E-state index contributed by atoms with van der Waals surface area (Å²) >= 11 is 13.5. The molecule has 0 aromatic carbocycles. The van der Waals surface area contributed by atoms with Gasteiger partial charge in [0.2, 0.25) is 0 Å². The van der Waals surface area contributed by atoms with Gasteiger partial charge in [-0.2, -0.15) is 0 Å². The minimum Gasteiger partial charge on any atom is -0.374 e. The summed E-state index contributed by atoms with van der Waals surface area (Å²) < 4.78 is 6.10. The van der Waals surface area contributed by atoms with Crippen molar-refractivity contribution in [2.75, 3.05) is 18.6 Å². The van der Waals surface area contributed by atoms with Crippen LogP contribution in [0.1, 0.15) is 17.6 Å². The van der Waals surface area contributed by atoms with E-state index in [9.17, 15) is 0 Å². The van der Waals surface area contributed by atoms with Crippen LogP contribution in [-0.2, 0) is 17.9 Å². The van der Waals surface area contributed by atoms with E-state index < -0.39 is 0 Å². The molecule has 2 aromatic rings. The Kier molecular flexibility index (Phi) is 5.60. The maximum absolute atomic E-state index is 6.03. The van der Waals surface area contributed by atoms with E-state index in [1.54, 1.807) is 17.4 Å². The number of hydrogen-bond donors (Lipinski definition) is 0. The quantitative estimate of drug-likeness (QED) is 0.749. The molecule has 0 aliphatic carbocycles. The zero-order chi connectivity index (χ0) is 14.5. The summed E-state index contributed by atoms with van der Waals surface area (Å²) in [7, 11) is 1.96. The normalized spacial score (nSPS) is 10.8. The molecule has 108 valence electrons. The molecule has 2 heterocycles. The molecule has 0 spiro atoms. The Morgan fingerprint density at radius 3 is 2.75 bits per heavy atom. The Bertz CT molecular complexity index is 576. The first-order valence-electron chi connectivity index (χ1n) is 6.15. The molecule has 0 amide bonds. The second-order valence-electron chi connectivity index (χ2n) is 4.16. The molecule has 0 atom stereocenters. The molecule has 0 fully saturated rings. The van der Waals surface area contributed by atoms with Gasteiger partial charge in [0, 0.05) is 24.6 Å². The molecule has 4 nitrogen and oxygen atoms in total. The SMILES string of the molecule is CCOCc1nc(Cl)cc(N(C)Cc2ccc(Cl)s2)n1.